The van der Waals surface area contributed by atoms with Gasteiger partial charge in [0.1, 0.15) is 0 Å². The summed E-state index contributed by atoms with van der Waals surface area (Å²) in [7, 11) is 0. The lowest BCUT2D eigenvalue weighted by atomic mass is 10.1. The molecule has 0 amide bonds. The van der Waals surface area contributed by atoms with Crippen LogP contribution in [-0.2, 0) is 9.59 Å². The molecule has 11 heavy (non-hydrogen) atoms. The Balaban J connectivity index is 3.08. The number of ketones is 2. The van der Waals surface area contributed by atoms with Crippen LogP contribution in [0.3, 0.4) is 0 Å². The third-order valence-electron chi connectivity index (χ3n) is 1.30. The van der Waals surface area contributed by atoms with Gasteiger partial charge in [-0.3, -0.25) is 9.59 Å². The van der Waals surface area contributed by atoms with Crippen LogP contribution in [0.2, 0.25) is 0 Å². The second-order valence-corrected chi connectivity index (χ2v) is 4.78. The first-order chi connectivity index (χ1) is 5.04. The topological polar surface area (TPSA) is 34.1 Å². The maximum absolute atomic E-state index is 11.1. The summed E-state index contributed by atoms with van der Waals surface area (Å²) >= 11 is 9.17. The highest BCUT2D eigenvalue weighted by Gasteiger charge is 2.30. The van der Waals surface area contributed by atoms with Gasteiger partial charge in [0.2, 0.25) is 0 Å². The number of carbonyl (C=O) groups is 2. The number of hydrogen-bond donors (Lipinski definition) is 0. The first-order valence-corrected chi connectivity index (χ1v) is 5.31. The monoisotopic (exact) mass is 344 g/mol. The molecule has 0 saturated heterocycles. The van der Waals surface area contributed by atoms with Crippen molar-refractivity contribution < 1.29 is 9.59 Å². The standard InChI is InChI=1S/C6H3Br3O2/c7-2-1-3(10)4(8)5(9)6(2)11/h2H,1H2. The minimum atomic E-state index is -0.370. The summed E-state index contributed by atoms with van der Waals surface area (Å²) in [6.07, 6.45) is 0.231. The number of halogens is 3. The van der Waals surface area contributed by atoms with E-state index in [1.165, 1.54) is 0 Å². The Hall–Kier alpha value is 0.520. The average molecular weight is 347 g/mol. The molecule has 0 aliphatic heterocycles. The number of rotatable bonds is 0. The second kappa shape index (κ2) is 3.49. The van der Waals surface area contributed by atoms with Gasteiger partial charge in [-0.25, -0.2) is 0 Å². The Bertz CT molecular complexity index is 257. The van der Waals surface area contributed by atoms with Crippen LogP contribution in [0.5, 0.6) is 0 Å². The van der Waals surface area contributed by atoms with E-state index in [2.05, 4.69) is 47.8 Å². The Morgan fingerprint density at radius 2 is 1.73 bits per heavy atom. The quantitative estimate of drug-likeness (QED) is 0.631. The van der Waals surface area contributed by atoms with Crippen LogP contribution in [0.1, 0.15) is 6.42 Å². The van der Waals surface area contributed by atoms with Crippen LogP contribution in [0, 0.1) is 0 Å². The third kappa shape index (κ3) is 1.81. The molecule has 1 atom stereocenters. The van der Waals surface area contributed by atoms with Crippen molar-refractivity contribution in [3.8, 4) is 0 Å². The van der Waals surface area contributed by atoms with E-state index < -0.39 is 0 Å². The molecule has 0 aromatic carbocycles. The largest absolute Gasteiger partial charge is 0.293 e. The van der Waals surface area contributed by atoms with E-state index in [4.69, 9.17) is 0 Å². The lowest BCUT2D eigenvalue weighted by Crippen LogP contribution is -2.24. The normalized spacial score (nSPS) is 26.3. The molecular weight excluding hydrogens is 344 g/mol. The van der Waals surface area contributed by atoms with Gasteiger partial charge in [-0.1, -0.05) is 15.9 Å². The van der Waals surface area contributed by atoms with Crippen LogP contribution in [0.4, 0.5) is 0 Å². The summed E-state index contributed by atoms with van der Waals surface area (Å²) in [6, 6.07) is 0. The van der Waals surface area contributed by atoms with Crippen molar-refractivity contribution in [3.63, 3.8) is 0 Å². The average Bonchev–Trinajstić information content (AvgIpc) is 1.97. The molecule has 0 heterocycles. The number of hydrogen-bond acceptors (Lipinski definition) is 2. The molecule has 5 heteroatoms. The summed E-state index contributed by atoms with van der Waals surface area (Å²) in [5, 5.41) is 0. The molecule has 0 N–H and O–H groups in total. The van der Waals surface area contributed by atoms with Crippen molar-refractivity contribution in [3.05, 3.63) is 8.96 Å². The minimum absolute atomic E-state index is 0.0571. The van der Waals surface area contributed by atoms with Gasteiger partial charge in [0.25, 0.3) is 0 Å². The molecule has 0 saturated carbocycles. The van der Waals surface area contributed by atoms with Gasteiger partial charge < -0.3 is 0 Å². The van der Waals surface area contributed by atoms with Gasteiger partial charge >= 0.3 is 0 Å². The Labute approximate surface area is 88.8 Å². The van der Waals surface area contributed by atoms with Gasteiger partial charge in [-0.15, -0.1) is 0 Å². The van der Waals surface area contributed by atoms with E-state index in [-0.39, 0.29) is 22.8 Å². The fourth-order valence-electron chi connectivity index (χ4n) is 0.713. The lowest BCUT2D eigenvalue weighted by Gasteiger charge is -2.13. The predicted octanol–water partition coefficient (Wildman–Crippen LogP) is 2.29. The Morgan fingerprint density at radius 3 is 2.27 bits per heavy atom. The van der Waals surface area contributed by atoms with Crippen molar-refractivity contribution in [2.75, 3.05) is 0 Å². The molecule has 0 bridgehead atoms. The highest BCUT2D eigenvalue weighted by atomic mass is 79.9. The van der Waals surface area contributed by atoms with E-state index in [1.807, 2.05) is 0 Å². The number of carbonyl (C=O) groups excluding carboxylic acids is 2. The van der Waals surface area contributed by atoms with E-state index in [1.54, 1.807) is 0 Å². The van der Waals surface area contributed by atoms with E-state index in [0.717, 1.165) is 0 Å². The molecule has 1 aliphatic rings. The van der Waals surface area contributed by atoms with Crippen molar-refractivity contribution in [2.45, 2.75) is 11.2 Å². The van der Waals surface area contributed by atoms with E-state index in [0.29, 0.717) is 8.96 Å². The van der Waals surface area contributed by atoms with Crippen LogP contribution in [0.15, 0.2) is 8.96 Å². The van der Waals surface area contributed by atoms with Crippen LogP contribution >= 0.6 is 47.8 Å². The van der Waals surface area contributed by atoms with Crippen molar-refractivity contribution >= 4 is 59.4 Å². The summed E-state index contributed by atoms with van der Waals surface area (Å²) in [5.74, 6) is -0.144. The molecule has 60 valence electrons. The third-order valence-corrected chi connectivity index (χ3v) is 4.20. The second-order valence-electron chi connectivity index (χ2n) is 2.09. The van der Waals surface area contributed by atoms with Crippen LogP contribution < -0.4 is 0 Å². The van der Waals surface area contributed by atoms with Crippen molar-refractivity contribution in [1.82, 2.24) is 0 Å². The summed E-state index contributed by atoms with van der Waals surface area (Å²) in [4.78, 5) is 21.8. The summed E-state index contributed by atoms with van der Waals surface area (Å²) < 4.78 is 0.675. The zero-order valence-corrected chi connectivity index (χ0v) is 9.99. The zero-order valence-electron chi connectivity index (χ0n) is 5.23. The van der Waals surface area contributed by atoms with E-state index in [9.17, 15) is 9.59 Å². The van der Waals surface area contributed by atoms with Gasteiger partial charge in [0.15, 0.2) is 11.6 Å². The molecule has 0 spiro atoms. The lowest BCUT2D eigenvalue weighted by molar-refractivity contribution is -0.120. The molecule has 0 aromatic rings. The van der Waals surface area contributed by atoms with Gasteiger partial charge in [0.05, 0.1) is 13.8 Å². The Kier molecular flexibility index (Phi) is 3.05. The summed E-state index contributed by atoms with van der Waals surface area (Å²) in [5.41, 5.74) is 0. The molecular formula is C6H3Br3O2. The fraction of sp³-hybridized carbons (Fsp3) is 0.333. The highest BCUT2D eigenvalue weighted by Crippen LogP contribution is 2.30. The first-order valence-electron chi connectivity index (χ1n) is 2.80. The first kappa shape index (κ1) is 9.61. The highest BCUT2D eigenvalue weighted by molar-refractivity contribution is 9.14. The van der Waals surface area contributed by atoms with E-state index >= 15 is 0 Å². The molecule has 0 fully saturated rings. The maximum Gasteiger partial charge on any atom is 0.185 e. The molecule has 2 nitrogen and oxygen atoms in total. The van der Waals surface area contributed by atoms with Crippen molar-refractivity contribution in [2.24, 2.45) is 0 Å². The number of Topliss-reactive ketones (excluding diaryl/α,β-unsaturated/α-hetero) is 2. The van der Waals surface area contributed by atoms with Gasteiger partial charge in [0, 0.05) is 6.42 Å². The Morgan fingerprint density at radius 1 is 1.18 bits per heavy atom. The predicted molar refractivity (Wildman–Crippen MR) is 52.2 cm³/mol. The number of alkyl halides is 1. The molecule has 0 radical (unpaired) electrons. The maximum atomic E-state index is 11.1. The fourth-order valence-corrected chi connectivity index (χ4v) is 2.40. The molecule has 1 aliphatic carbocycles. The van der Waals surface area contributed by atoms with Gasteiger partial charge in [-0.05, 0) is 31.9 Å². The SMILES string of the molecule is O=C1CC(Br)C(=O)C(Br)=C1Br. The molecule has 0 aromatic heterocycles. The summed E-state index contributed by atoms with van der Waals surface area (Å²) in [6.45, 7) is 0. The zero-order chi connectivity index (χ0) is 8.59. The molecule has 1 rings (SSSR count). The van der Waals surface area contributed by atoms with Crippen LogP contribution in [0.25, 0.3) is 0 Å². The van der Waals surface area contributed by atoms with Crippen molar-refractivity contribution in [1.29, 1.82) is 0 Å². The molecule has 1 unspecified atom stereocenters. The van der Waals surface area contributed by atoms with Gasteiger partial charge in [-0.2, -0.15) is 0 Å². The number of allylic oxidation sites excluding steroid dienone is 2. The van der Waals surface area contributed by atoms with Crippen LogP contribution in [-0.4, -0.2) is 16.4 Å². The smallest absolute Gasteiger partial charge is 0.185 e. The minimum Gasteiger partial charge on any atom is -0.293 e.